The second-order valence-corrected chi connectivity index (χ2v) is 5.86. The number of hydrogen-bond donors (Lipinski definition) is 1. The lowest BCUT2D eigenvalue weighted by molar-refractivity contribution is -0.121. The zero-order chi connectivity index (χ0) is 15.6. The number of halogens is 1. The summed E-state index contributed by atoms with van der Waals surface area (Å²) < 4.78 is 0. The molecule has 0 aromatic heterocycles. The van der Waals surface area contributed by atoms with Gasteiger partial charge in [0.25, 0.3) is 0 Å². The molecule has 0 fully saturated rings. The largest absolute Gasteiger partial charge is 0.356 e. The standard InChI is InChI=1S/C19H22ClNO/c20-18-12-9-17(10-13-18)11-14-19(22)21-15-5-4-8-16-6-2-1-3-7-16/h1-3,6-7,9-10,12-13H,4-5,8,11,14-15H2,(H,21,22). The van der Waals surface area contributed by atoms with Crippen molar-refractivity contribution in [1.29, 1.82) is 0 Å². The fourth-order valence-corrected chi connectivity index (χ4v) is 2.45. The summed E-state index contributed by atoms with van der Waals surface area (Å²) in [6.07, 6.45) is 4.47. The molecule has 2 nitrogen and oxygen atoms in total. The van der Waals surface area contributed by atoms with E-state index < -0.39 is 0 Å². The minimum atomic E-state index is 0.120. The van der Waals surface area contributed by atoms with Crippen molar-refractivity contribution >= 4 is 17.5 Å². The van der Waals surface area contributed by atoms with Gasteiger partial charge in [-0.3, -0.25) is 4.79 Å². The first-order valence-corrected chi connectivity index (χ1v) is 8.17. The number of carbonyl (C=O) groups excluding carboxylic acids is 1. The maximum absolute atomic E-state index is 11.8. The predicted molar refractivity (Wildman–Crippen MR) is 92.2 cm³/mol. The Morgan fingerprint density at radius 1 is 0.864 bits per heavy atom. The van der Waals surface area contributed by atoms with Crippen LogP contribution in [-0.4, -0.2) is 12.5 Å². The molecule has 0 aliphatic heterocycles. The van der Waals surface area contributed by atoms with Crippen molar-refractivity contribution in [2.75, 3.05) is 6.54 Å². The number of benzene rings is 2. The summed E-state index contributed by atoms with van der Waals surface area (Å²) in [4.78, 5) is 11.8. The van der Waals surface area contributed by atoms with E-state index in [-0.39, 0.29) is 5.91 Å². The van der Waals surface area contributed by atoms with Crippen LogP contribution in [0.5, 0.6) is 0 Å². The predicted octanol–water partition coefficient (Wildman–Crippen LogP) is 4.41. The molecular formula is C19H22ClNO. The van der Waals surface area contributed by atoms with Crippen molar-refractivity contribution in [3.8, 4) is 0 Å². The van der Waals surface area contributed by atoms with E-state index in [1.54, 1.807) is 0 Å². The Bertz CT molecular complexity index is 566. The second kappa shape index (κ2) is 9.26. The molecule has 0 saturated heterocycles. The van der Waals surface area contributed by atoms with Gasteiger partial charge < -0.3 is 5.32 Å². The maximum atomic E-state index is 11.8. The topological polar surface area (TPSA) is 29.1 Å². The van der Waals surface area contributed by atoms with Crippen LogP contribution in [-0.2, 0) is 17.6 Å². The van der Waals surface area contributed by atoms with Crippen LogP contribution in [0.3, 0.4) is 0 Å². The summed E-state index contributed by atoms with van der Waals surface area (Å²) in [6.45, 7) is 0.756. The van der Waals surface area contributed by atoms with Crippen LogP contribution in [0.1, 0.15) is 30.4 Å². The Balaban J connectivity index is 1.55. The quantitative estimate of drug-likeness (QED) is 0.718. The molecule has 2 aromatic carbocycles. The summed E-state index contributed by atoms with van der Waals surface area (Å²) >= 11 is 5.84. The highest BCUT2D eigenvalue weighted by atomic mass is 35.5. The number of nitrogens with one attached hydrogen (secondary N) is 1. The van der Waals surface area contributed by atoms with Crippen molar-refractivity contribution in [3.05, 3.63) is 70.7 Å². The lowest BCUT2D eigenvalue weighted by atomic mass is 10.1. The van der Waals surface area contributed by atoms with Gasteiger partial charge in [0.1, 0.15) is 0 Å². The fraction of sp³-hybridized carbons (Fsp3) is 0.316. The smallest absolute Gasteiger partial charge is 0.220 e. The van der Waals surface area contributed by atoms with Crippen molar-refractivity contribution in [3.63, 3.8) is 0 Å². The highest BCUT2D eigenvalue weighted by Crippen LogP contribution is 2.11. The summed E-state index contributed by atoms with van der Waals surface area (Å²) in [7, 11) is 0. The number of amides is 1. The number of rotatable bonds is 8. The minimum Gasteiger partial charge on any atom is -0.356 e. The van der Waals surface area contributed by atoms with Gasteiger partial charge in [-0.05, 0) is 48.9 Å². The summed E-state index contributed by atoms with van der Waals surface area (Å²) in [5.41, 5.74) is 2.50. The van der Waals surface area contributed by atoms with Crippen molar-refractivity contribution in [1.82, 2.24) is 5.32 Å². The molecule has 3 heteroatoms. The third-order valence-electron chi connectivity index (χ3n) is 3.61. The van der Waals surface area contributed by atoms with Crippen LogP contribution in [0.4, 0.5) is 0 Å². The van der Waals surface area contributed by atoms with E-state index in [1.165, 1.54) is 5.56 Å². The Morgan fingerprint density at radius 3 is 2.27 bits per heavy atom. The van der Waals surface area contributed by atoms with Gasteiger partial charge in [0.2, 0.25) is 5.91 Å². The first-order chi connectivity index (χ1) is 10.7. The van der Waals surface area contributed by atoms with E-state index in [9.17, 15) is 4.79 Å². The molecule has 0 unspecified atom stereocenters. The molecular weight excluding hydrogens is 294 g/mol. The Hall–Kier alpha value is -1.80. The molecule has 1 amide bonds. The van der Waals surface area contributed by atoms with Gasteiger partial charge in [0.05, 0.1) is 0 Å². The fourth-order valence-electron chi connectivity index (χ4n) is 2.32. The lowest BCUT2D eigenvalue weighted by Gasteiger charge is -2.06. The van der Waals surface area contributed by atoms with Gasteiger partial charge in [-0.2, -0.15) is 0 Å². The molecule has 0 radical (unpaired) electrons. The first-order valence-electron chi connectivity index (χ1n) is 7.79. The monoisotopic (exact) mass is 315 g/mol. The van der Waals surface area contributed by atoms with Crippen LogP contribution in [0, 0.1) is 0 Å². The SMILES string of the molecule is O=C(CCc1ccc(Cl)cc1)NCCCCc1ccccc1. The van der Waals surface area contributed by atoms with Gasteiger partial charge in [-0.15, -0.1) is 0 Å². The zero-order valence-electron chi connectivity index (χ0n) is 12.7. The van der Waals surface area contributed by atoms with Crippen molar-refractivity contribution in [2.24, 2.45) is 0 Å². The number of unbranched alkanes of at least 4 members (excludes halogenated alkanes) is 1. The van der Waals surface area contributed by atoms with Gasteiger partial charge in [0.15, 0.2) is 0 Å². The van der Waals surface area contributed by atoms with Crippen molar-refractivity contribution < 1.29 is 4.79 Å². The molecule has 116 valence electrons. The van der Waals surface area contributed by atoms with Gasteiger partial charge >= 0.3 is 0 Å². The molecule has 0 atom stereocenters. The minimum absolute atomic E-state index is 0.120. The highest BCUT2D eigenvalue weighted by molar-refractivity contribution is 6.30. The zero-order valence-corrected chi connectivity index (χ0v) is 13.5. The van der Waals surface area contributed by atoms with E-state index in [0.29, 0.717) is 6.42 Å². The Morgan fingerprint density at radius 2 is 1.55 bits per heavy atom. The third kappa shape index (κ3) is 6.31. The Kier molecular flexibility index (Phi) is 6.98. The molecule has 22 heavy (non-hydrogen) atoms. The van der Waals surface area contributed by atoms with Crippen LogP contribution >= 0.6 is 11.6 Å². The molecule has 0 saturated carbocycles. The van der Waals surface area contributed by atoms with Crippen molar-refractivity contribution in [2.45, 2.75) is 32.1 Å². The second-order valence-electron chi connectivity index (χ2n) is 5.42. The normalized spacial score (nSPS) is 10.4. The highest BCUT2D eigenvalue weighted by Gasteiger charge is 2.02. The van der Waals surface area contributed by atoms with Crippen LogP contribution in [0.2, 0.25) is 5.02 Å². The molecule has 0 aliphatic carbocycles. The average molecular weight is 316 g/mol. The number of carbonyl (C=O) groups is 1. The Labute approximate surface area is 137 Å². The van der Waals surface area contributed by atoms with E-state index >= 15 is 0 Å². The molecule has 0 spiro atoms. The summed E-state index contributed by atoms with van der Waals surface area (Å²) in [5.74, 6) is 0.120. The van der Waals surface area contributed by atoms with Gasteiger partial charge in [-0.1, -0.05) is 54.1 Å². The molecule has 2 aromatic rings. The maximum Gasteiger partial charge on any atom is 0.220 e. The van der Waals surface area contributed by atoms with Crippen LogP contribution in [0.25, 0.3) is 0 Å². The molecule has 0 heterocycles. The van der Waals surface area contributed by atoms with E-state index in [2.05, 4.69) is 29.6 Å². The summed E-state index contributed by atoms with van der Waals surface area (Å²) in [6, 6.07) is 18.1. The number of hydrogen-bond acceptors (Lipinski definition) is 1. The van der Waals surface area contributed by atoms with E-state index in [1.807, 2.05) is 30.3 Å². The molecule has 0 aliphatic rings. The molecule has 2 rings (SSSR count). The molecule has 0 bridgehead atoms. The van der Waals surface area contributed by atoms with E-state index in [4.69, 9.17) is 11.6 Å². The van der Waals surface area contributed by atoms with Gasteiger partial charge in [-0.25, -0.2) is 0 Å². The first kappa shape index (κ1) is 16.6. The lowest BCUT2D eigenvalue weighted by Crippen LogP contribution is -2.24. The van der Waals surface area contributed by atoms with Crippen LogP contribution in [0.15, 0.2) is 54.6 Å². The third-order valence-corrected chi connectivity index (χ3v) is 3.86. The van der Waals surface area contributed by atoms with Crippen LogP contribution < -0.4 is 5.32 Å². The number of aryl methyl sites for hydroxylation is 2. The average Bonchev–Trinajstić information content (AvgIpc) is 2.55. The van der Waals surface area contributed by atoms with E-state index in [0.717, 1.165) is 42.8 Å². The summed E-state index contributed by atoms with van der Waals surface area (Å²) in [5, 5.41) is 3.71. The molecule has 1 N–H and O–H groups in total. The van der Waals surface area contributed by atoms with Gasteiger partial charge in [0, 0.05) is 18.0 Å².